The van der Waals surface area contributed by atoms with Crippen molar-refractivity contribution >= 4 is 15.3 Å². The van der Waals surface area contributed by atoms with Gasteiger partial charge in [0.15, 0.2) is 0 Å². The number of rotatable bonds is 2. The molecule has 0 bridgehead atoms. The third-order valence-electron chi connectivity index (χ3n) is 0.209. The van der Waals surface area contributed by atoms with E-state index in [0.717, 1.165) is 5.32 Å². The number of nitrogens with two attached hydrogens (primary N) is 1. The predicted molar refractivity (Wildman–Crippen MR) is 21.8 cm³/mol. The Balaban J connectivity index is 2.19. The molecule has 0 aromatic heterocycles. The molecule has 32 valence electrons. The molecule has 0 heterocycles. The third kappa shape index (κ3) is 4.44. The molecule has 0 aliphatic heterocycles. The van der Waals surface area contributed by atoms with Crippen molar-refractivity contribution < 1.29 is 4.19 Å². The fraction of sp³-hybridized carbons (Fsp3) is 1.00. The molecule has 0 fully saturated rings. The molecule has 3 heteroatoms. The van der Waals surface area contributed by atoms with Gasteiger partial charge in [0.25, 0.3) is 0 Å². The summed E-state index contributed by atoms with van der Waals surface area (Å²) in [6, 6.07) is 0. The van der Waals surface area contributed by atoms with Crippen LogP contribution in [0.15, 0.2) is 0 Å². The van der Waals surface area contributed by atoms with Gasteiger partial charge in [0.2, 0.25) is 0 Å². The monoisotopic (exact) mass is 141 g/mol. The summed E-state index contributed by atoms with van der Waals surface area (Å²) in [6.07, 6.45) is 0. The van der Waals surface area contributed by atoms with Crippen LogP contribution in [0.1, 0.15) is 0 Å². The molecule has 0 saturated carbocycles. The fourth-order valence-electron chi connectivity index (χ4n) is 0.0527. The van der Waals surface area contributed by atoms with E-state index >= 15 is 0 Å². The average Bonchev–Trinajstić information content (AvgIpc) is 1.41. The quantitative estimate of drug-likeness (QED) is 0.482. The van der Waals surface area contributed by atoms with E-state index in [2.05, 4.69) is 0 Å². The van der Waals surface area contributed by atoms with Gasteiger partial charge >= 0.3 is 37.1 Å². The Bertz CT molecular complexity index is 17.1. The Morgan fingerprint density at radius 2 is 2.40 bits per heavy atom. The van der Waals surface area contributed by atoms with E-state index in [1.165, 1.54) is 0 Å². The second-order valence-electron chi connectivity index (χ2n) is 0.622. The van der Waals surface area contributed by atoms with Crippen molar-refractivity contribution in [3.05, 3.63) is 0 Å². The van der Waals surface area contributed by atoms with Crippen molar-refractivity contribution in [1.82, 2.24) is 0 Å². The van der Waals surface area contributed by atoms with Crippen molar-refractivity contribution in [1.29, 1.82) is 0 Å². The van der Waals surface area contributed by atoms with Crippen LogP contribution in [0, 0.1) is 0 Å². The Morgan fingerprint density at radius 3 is 2.40 bits per heavy atom. The zero-order valence-electron chi connectivity index (χ0n) is 2.85. The molecule has 0 radical (unpaired) electrons. The van der Waals surface area contributed by atoms with Crippen LogP contribution in [0.25, 0.3) is 0 Å². The first-order valence-electron chi connectivity index (χ1n) is 1.38. The summed E-state index contributed by atoms with van der Waals surface area (Å²) >= 11 is -0.200. The molecule has 2 nitrogen and oxygen atoms in total. The van der Waals surface area contributed by atoms with E-state index < -0.39 is 0 Å². The fourth-order valence-corrected chi connectivity index (χ4v) is 0.274. The van der Waals surface area contributed by atoms with E-state index in [-0.39, 0.29) is 15.3 Å². The van der Waals surface area contributed by atoms with Crippen LogP contribution in [0.4, 0.5) is 0 Å². The Morgan fingerprint density at radius 1 is 1.80 bits per heavy atom. The van der Waals surface area contributed by atoms with Crippen molar-refractivity contribution in [3.63, 3.8) is 0 Å². The van der Waals surface area contributed by atoms with E-state index in [1.807, 2.05) is 0 Å². The molecule has 3 N–H and O–H groups in total. The normalized spacial score (nSPS) is 8.40. The van der Waals surface area contributed by atoms with Gasteiger partial charge in [0.1, 0.15) is 0 Å². The maximum atomic E-state index is 8.05. The molecule has 0 spiro atoms. The second-order valence-corrected chi connectivity index (χ2v) is 2.02. The molecular weight excluding hydrogens is 133 g/mol. The summed E-state index contributed by atoms with van der Waals surface area (Å²) in [5.41, 5.74) is 4.99. The molecule has 0 unspecified atom stereocenters. The Hall–Kier alpha value is 0.439. The summed E-state index contributed by atoms with van der Waals surface area (Å²) in [5.74, 6) is 0. The van der Waals surface area contributed by atoms with Gasteiger partial charge < -0.3 is 0 Å². The van der Waals surface area contributed by atoms with Crippen LogP contribution in [-0.4, -0.2) is 26.0 Å². The van der Waals surface area contributed by atoms with Gasteiger partial charge in [-0.3, -0.25) is 0 Å². The van der Waals surface area contributed by atoms with Crippen molar-refractivity contribution in [2.75, 3.05) is 6.54 Å². The topological polar surface area (TPSA) is 46.2 Å². The van der Waals surface area contributed by atoms with Gasteiger partial charge in [0, 0.05) is 0 Å². The van der Waals surface area contributed by atoms with Crippen LogP contribution >= 0.6 is 0 Å². The van der Waals surface area contributed by atoms with Gasteiger partial charge in [-0.05, 0) is 0 Å². The van der Waals surface area contributed by atoms with E-state index in [1.54, 1.807) is 0 Å². The minimum absolute atomic E-state index is 0.200. The molecule has 5 heavy (non-hydrogen) atoms. The molecule has 0 amide bonds. The molecule has 0 aromatic carbocycles. The molecule has 0 atom stereocenters. The summed E-state index contributed by atoms with van der Waals surface area (Å²) in [7, 11) is 0. The summed E-state index contributed by atoms with van der Waals surface area (Å²) in [5, 5.41) is 0.785. The third-order valence-corrected chi connectivity index (χ3v) is 1.09. The van der Waals surface area contributed by atoms with Crippen LogP contribution in [0.2, 0.25) is 5.32 Å². The van der Waals surface area contributed by atoms with Gasteiger partial charge in [-0.15, -0.1) is 0 Å². The molecule has 0 aromatic rings. The first-order valence-corrected chi connectivity index (χ1v) is 3.36. The SMILES string of the molecule is NCC[Se]O. The van der Waals surface area contributed by atoms with Gasteiger partial charge in [-0.25, -0.2) is 0 Å². The Kier molecular flexibility index (Phi) is 4.83. The zero-order valence-corrected chi connectivity index (χ0v) is 4.56. The zero-order chi connectivity index (χ0) is 4.12. The predicted octanol–water partition coefficient (Wildman–Crippen LogP) is -1.03. The molecular formula is C2H7NOSe. The van der Waals surface area contributed by atoms with Crippen molar-refractivity contribution in [2.24, 2.45) is 5.73 Å². The van der Waals surface area contributed by atoms with Crippen molar-refractivity contribution in [2.45, 2.75) is 5.32 Å². The number of hydrogen-bond donors (Lipinski definition) is 2. The van der Waals surface area contributed by atoms with Gasteiger partial charge in [0.05, 0.1) is 0 Å². The van der Waals surface area contributed by atoms with Crippen LogP contribution in [-0.2, 0) is 0 Å². The van der Waals surface area contributed by atoms with Gasteiger partial charge in [-0.2, -0.15) is 0 Å². The molecule has 0 saturated heterocycles. The Labute approximate surface area is 37.8 Å². The van der Waals surface area contributed by atoms with Crippen LogP contribution < -0.4 is 5.73 Å². The van der Waals surface area contributed by atoms with E-state index in [9.17, 15) is 0 Å². The summed E-state index contributed by atoms with van der Waals surface area (Å²) in [4.78, 5) is 0. The summed E-state index contributed by atoms with van der Waals surface area (Å²) in [6.45, 7) is 0.622. The molecule has 0 rings (SSSR count). The average molecular weight is 140 g/mol. The van der Waals surface area contributed by atoms with E-state index in [0.29, 0.717) is 6.54 Å². The van der Waals surface area contributed by atoms with Crippen molar-refractivity contribution in [3.8, 4) is 0 Å². The standard InChI is InChI=1S/C2H7NOSe/c3-1-2-5-4/h4H,1-3H2. The molecule has 0 aliphatic rings. The van der Waals surface area contributed by atoms with Crippen LogP contribution in [0.3, 0.4) is 0 Å². The van der Waals surface area contributed by atoms with E-state index in [4.69, 9.17) is 9.92 Å². The maximum absolute atomic E-state index is 8.05. The van der Waals surface area contributed by atoms with Gasteiger partial charge in [-0.1, -0.05) is 0 Å². The first-order chi connectivity index (χ1) is 2.41. The molecule has 0 aliphatic carbocycles. The van der Waals surface area contributed by atoms with Crippen LogP contribution in [0.5, 0.6) is 0 Å². The summed E-state index contributed by atoms with van der Waals surface area (Å²) < 4.78 is 8.05. The minimum atomic E-state index is -0.200. The second kappa shape index (κ2) is 4.44. The number of hydrogen-bond acceptors (Lipinski definition) is 2. The first kappa shape index (κ1) is 5.44.